The number of aromatic hydroxyl groups is 2. The van der Waals surface area contributed by atoms with Crippen LogP contribution in [0.3, 0.4) is 0 Å². The zero-order chi connectivity index (χ0) is 18.9. The van der Waals surface area contributed by atoms with Gasteiger partial charge in [0.15, 0.2) is 5.75 Å². The topological polar surface area (TPSA) is 71.7 Å². The molecule has 2 aromatic rings. The Hall–Kier alpha value is -2.17. The lowest BCUT2D eigenvalue weighted by Crippen LogP contribution is -2.21. The molecule has 144 valence electrons. The van der Waals surface area contributed by atoms with Crippen LogP contribution in [0.15, 0.2) is 23.0 Å². The number of nitrogens with zero attached hydrogens (tertiary/aromatic N) is 1. The van der Waals surface area contributed by atoms with E-state index < -0.39 is 5.56 Å². The summed E-state index contributed by atoms with van der Waals surface area (Å²) in [6, 6.07) is 4.82. The minimum atomic E-state index is -0.455. The molecule has 0 aliphatic rings. The first-order valence-electron chi connectivity index (χ1n) is 9.81. The maximum absolute atomic E-state index is 12.7. The third kappa shape index (κ3) is 4.93. The highest BCUT2D eigenvalue weighted by Gasteiger charge is 2.17. The number of fused-ring (bicyclic) bond motifs is 1. The van der Waals surface area contributed by atoms with Gasteiger partial charge in [-0.25, -0.2) is 0 Å². The van der Waals surface area contributed by atoms with Crippen LogP contribution >= 0.6 is 0 Å². The number of phenolic OH excluding ortho intramolecular Hbond substituents is 1. The summed E-state index contributed by atoms with van der Waals surface area (Å²) in [5, 5.41) is 20.9. The first kappa shape index (κ1) is 20.1. The summed E-state index contributed by atoms with van der Waals surface area (Å²) in [4.78, 5) is 12.7. The fourth-order valence-corrected chi connectivity index (χ4v) is 3.13. The standard InChI is InChI=1S/C21H31NO4/c1-3-5-7-8-9-10-13-22-18-15-16(23)11-12-17(18)20(19(24)21(22)25)26-14-6-4-2/h11-12,15,23-24H,3-10,13-14H2,1-2H3. The summed E-state index contributed by atoms with van der Waals surface area (Å²) in [5.74, 6) is -0.0262. The van der Waals surface area contributed by atoms with Gasteiger partial charge in [0, 0.05) is 18.0 Å². The molecule has 0 saturated carbocycles. The van der Waals surface area contributed by atoms with Gasteiger partial charge in [-0.15, -0.1) is 0 Å². The number of hydrogen-bond donors (Lipinski definition) is 2. The molecule has 0 amide bonds. The van der Waals surface area contributed by atoms with Gasteiger partial charge in [0.25, 0.3) is 5.56 Å². The van der Waals surface area contributed by atoms with Crippen molar-refractivity contribution >= 4 is 10.9 Å². The lowest BCUT2D eigenvalue weighted by atomic mass is 10.1. The number of pyridine rings is 1. The molecule has 1 aromatic carbocycles. The van der Waals surface area contributed by atoms with E-state index in [0.717, 1.165) is 32.1 Å². The molecule has 0 saturated heterocycles. The molecule has 1 aromatic heterocycles. The summed E-state index contributed by atoms with van der Waals surface area (Å²) in [6.45, 7) is 5.21. The number of aromatic nitrogens is 1. The predicted molar refractivity (Wildman–Crippen MR) is 105 cm³/mol. The van der Waals surface area contributed by atoms with Crippen LogP contribution in [-0.2, 0) is 6.54 Å². The SMILES string of the molecule is CCCCCCCCn1c(=O)c(O)c(OCCCC)c2ccc(O)cc21. The first-order chi connectivity index (χ1) is 12.6. The number of unbranched alkanes of at least 4 members (excludes halogenated alkanes) is 6. The van der Waals surface area contributed by atoms with Crippen LogP contribution in [0, 0.1) is 0 Å². The van der Waals surface area contributed by atoms with E-state index in [2.05, 4.69) is 13.8 Å². The molecule has 0 radical (unpaired) electrons. The third-order valence-electron chi connectivity index (χ3n) is 4.66. The second-order valence-electron chi connectivity index (χ2n) is 6.81. The maximum Gasteiger partial charge on any atom is 0.297 e. The van der Waals surface area contributed by atoms with Gasteiger partial charge in [-0.05, 0) is 25.0 Å². The van der Waals surface area contributed by atoms with E-state index >= 15 is 0 Å². The van der Waals surface area contributed by atoms with Gasteiger partial charge < -0.3 is 19.5 Å². The Kier molecular flexibility index (Phi) is 7.82. The molecule has 0 spiro atoms. The van der Waals surface area contributed by atoms with Crippen molar-refractivity contribution < 1.29 is 14.9 Å². The highest BCUT2D eigenvalue weighted by atomic mass is 16.5. The molecule has 0 fully saturated rings. The van der Waals surface area contributed by atoms with E-state index in [1.54, 1.807) is 22.8 Å². The van der Waals surface area contributed by atoms with E-state index in [4.69, 9.17) is 4.74 Å². The van der Waals surface area contributed by atoms with Crippen LogP contribution in [0.1, 0.15) is 65.2 Å². The minimum absolute atomic E-state index is 0.0961. The summed E-state index contributed by atoms with van der Waals surface area (Å²) in [6.07, 6.45) is 8.52. The molecule has 26 heavy (non-hydrogen) atoms. The van der Waals surface area contributed by atoms with Gasteiger partial charge >= 0.3 is 0 Å². The average molecular weight is 361 g/mol. The quantitative estimate of drug-likeness (QED) is 0.555. The van der Waals surface area contributed by atoms with Crippen LogP contribution in [0.4, 0.5) is 0 Å². The predicted octanol–water partition coefficient (Wildman–Crippen LogP) is 4.95. The lowest BCUT2D eigenvalue weighted by Gasteiger charge is -2.16. The van der Waals surface area contributed by atoms with Gasteiger partial charge in [-0.1, -0.05) is 52.4 Å². The summed E-state index contributed by atoms with van der Waals surface area (Å²) < 4.78 is 7.24. The third-order valence-corrected chi connectivity index (χ3v) is 4.66. The van der Waals surface area contributed by atoms with Crippen LogP contribution in [0.2, 0.25) is 0 Å². The van der Waals surface area contributed by atoms with Gasteiger partial charge in [-0.3, -0.25) is 4.79 Å². The molecule has 5 nitrogen and oxygen atoms in total. The van der Waals surface area contributed by atoms with E-state index in [-0.39, 0.29) is 17.2 Å². The Bertz CT molecular complexity index is 767. The maximum atomic E-state index is 12.7. The Morgan fingerprint density at radius 3 is 2.38 bits per heavy atom. The second kappa shape index (κ2) is 10.1. The molecule has 0 aliphatic heterocycles. The highest BCUT2D eigenvalue weighted by molar-refractivity contribution is 5.88. The number of benzene rings is 1. The van der Waals surface area contributed by atoms with Crippen molar-refractivity contribution in [1.82, 2.24) is 4.57 Å². The van der Waals surface area contributed by atoms with Crippen molar-refractivity contribution in [3.05, 3.63) is 28.6 Å². The smallest absolute Gasteiger partial charge is 0.297 e. The van der Waals surface area contributed by atoms with Crippen LogP contribution in [0.5, 0.6) is 17.2 Å². The molecule has 0 bridgehead atoms. The fraction of sp³-hybridized carbons (Fsp3) is 0.571. The van der Waals surface area contributed by atoms with E-state index in [1.165, 1.54) is 19.3 Å². The number of ether oxygens (including phenoxy) is 1. The van der Waals surface area contributed by atoms with Crippen LogP contribution in [-0.4, -0.2) is 21.4 Å². The van der Waals surface area contributed by atoms with Crippen molar-refractivity contribution in [3.8, 4) is 17.2 Å². The minimum Gasteiger partial charge on any atom is -0.508 e. The zero-order valence-electron chi connectivity index (χ0n) is 16.0. The monoisotopic (exact) mass is 361 g/mol. The van der Waals surface area contributed by atoms with Crippen molar-refractivity contribution in [3.63, 3.8) is 0 Å². The van der Waals surface area contributed by atoms with Crippen molar-refractivity contribution in [2.24, 2.45) is 0 Å². The average Bonchev–Trinajstić information content (AvgIpc) is 2.63. The van der Waals surface area contributed by atoms with Crippen molar-refractivity contribution in [2.45, 2.75) is 71.8 Å². The Balaban J connectivity index is 2.28. The summed E-state index contributed by atoms with van der Waals surface area (Å²) in [5.41, 5.74) is 0.149. The number of hydrogen-bond acceptors (Lipinski definition) is 4. The Morgan fingerprint density at radius 2 is 1.65 bits per heavy atom. The molecule has 2 rings (SSSR count). The molecule has 5 heteroatoms. The molecule has 1 heterocycles. The molecule has 0 aliphatic carbocycles. The Labute approximate surface area is 155 Å². The molecule has 2 N–H and O–H groups in total. The molecule has 0 unspecified atom stereocenters. The fourth-order valence-electron chi connectivity index (χ4n) is 3.13. The lowest BCUT2D eigenvalue weighted by molar-refractivity contribution is 0.293. The van der Waals surface area contributed by atoms with Crippen LogP contribution < -0.4 is 10.3 Å². The van der Waals surface area contributed by atoms with Crippen LogP contribution in [0.25, 0.3) is 10.9 Å². The van der Waals surface area contributed by atoms with E-state index in [1.807, 2.05) is 0 Å². The van der Waals surface area contributed by atoms with E-state index in [9.17, 15) is 15.0 Å². The summed E-state index contributed by atoms with van der Waals surface area (Å²) >= 11 is 0. The molecular formula is C21H31NO4. The Morgan fingerprint density at radius 1 is 0.962 bits per heavy atom. The molecular weight excluding hydrogens is 330 g/mol. The number of aryl methyl sites for hydroxylation is 1. The largest absolute Gasteiger partial charge is 0.508 e. The van der Waals surface area contributed by atoms with Gasteiger partial charge in [0.1, 0.15) is 5.75 Å². The van der Waals surface area contributed by atoms with Gasteiger partial charge in [-0.2, -0.15) is 0 Å². The number of phenols is 1. The van der Waals surface area contributed by atoms with Gasteiger partial charge in [0.2, 0.25) is 5.75 Å². The van der Waals surface area contributed by atoms with E-state index in [0.29, 0.717) is 24.1 Å². The second-order valence-corrected chi connectivity index (χ2v) is 6.81. The van der Waals surface area contributed by atoms with Gasteiger partial charge in [0.05, 0.1) is 12.1 Å². The highest BCUT2D eigenvalue weighted by Crippen LogP contribution is 2.34. The van der Waals surface area contributed by atoms with Crippen molar-refractivity contribution in [2.75, 3.05) is 6.61 Å². The number of rotatable bonds is 11. The molecule has 0 atom stereocenters. The summed E-state index contributed by atoms with van der Waals surface area (Å²) in [7, 11) is 0. The normalized spacial score (nSPS) is 11.2. The van der Waals surface area contributed by atoms with Crippen molar-refractivity contribution in [1.29, 1.82) is 0 Å². The zero-order valence-corrected chi connectivity index (χ0v) is 16.0. The first-order valence-corrected chi connectivity index (χ1v) is 9.81.